The van der Waals surface area contributed by atoms with Gasteiger partial charge in [0.2, 0.25) is 0 Å². The van der Waals surface area contributed by atoms with Gasteiger partial charge in [-0.3, -0.25) is 4.99 Å². The summed E-state index contributed by atoms with van der Waals surface area (Å²) in [5, 5.41) is 5.93. The van der Waals surface area contributed by atoms with Crippen LogP contribution in [0.1, 0.15) is 22.3 Å². The number of halogens is 4. The van der Waals surface area contributed by atoms with Crippen LogP contribution in [0.15, 0.2) is 185 Å². The number of allylic oxidation sites excluding steroid dienone is 5. The molecule has 52 heavy (non-hydrogen) atoms. The lowest BCUT2D eigenvalue weighted by Crippen LogP contribution is -2.30. The first-order valence-electron chi connectivity index (χ1n) is 16.8. The van der Waals surface area contributed by atoms with E-state index in [1.807, 2.05) is 0 Å². The van der Waals surface area contributed by atoms with E-state index in [-0.39, 0.29) is 12.1 Å². The number of rotatable bonds is 4. The number of fused-ring (bicyclic) bond motifs is 6. The van der Waals surface area contributed by atoms with Gasteiger partial charge in [0.1, 0.15) is 0 Å². The number of aromatic amines is 1. The molecule has 0 radical (unpaired) electrons. The Labute approximate surface area is 335 Å². The molecule has 2 atom stereocenters. The van der Waals surface area contributed by atoms with E-state index >= 15 is 0 Å². The van der Waals surface area contributed by atoms with E-state index in [1.165, 1.54) is 0 Å². The maximum atomic E-state index is 5.46. The average Bonchev–Trinajstić information content (AvgIpc) is 3.99. The van der Waals surface area contributed by atoms with Gasteiger partial charge < -0.3 is 10.3 Å². The second-order valence-corrected chi connectivity index (χ2v) is 16.5. The highest BCUT2D eigenvalue weighted by atomic mass is 79.9. The standard InChI is InChI=1S/C44H28Br4N4/c45-29-9-1-25(2-10-29)41-33-17-19-35(49-33)42(26-3-11-30(46)12-4-26)37-21-23-39(51-37)44(28-7-15-32(48)16-8-28)40-24-22-38(52-40)43(36-20-18-34(41)50-36)27-5-13-31(47)14-6-27/h1-24,33,39,49-50H/b41-34-,42-35?,43-36-,44-40-. The van der Waals surface area contributed by atoms with Crippen molar-refractivity contribution in [2.75, 3.05) is 0 Å². The van der Waals surface area contributed by atoms with E-state index < -0.39 is 0 Å². The molecule has 1 aromatic heterocycles. The fraction of sp³-hybridized carbons (Fsp3) is 0.0455. The Morgan fingerprint density at radius 3 is 1.62 bits per heavy atom. The van der Waals surface area contributed by atoms with Crippen LogP contribution < -0.4 is 16.0 Å². The van der Waals surface area contributed by atoms with Gasteiger partial charge in [-0.05, 0) is 107 Å². The summed E-state index contributed by atoms with van der Waals surface area (Å²) in [5.74, 6) is 0. The van der Waals surface area contributed by atoms with Crippen molar-refractivity contribution in [3.05, 3.63) is 208 Å². The molecule has 252 valence electrons. The predicted octanol–water partition coefficient (Wildman–Crippen LogP) is 10.2. The highest BCUT2D eigenvalue weighted by Crippen LogP contribution is 2.36. The van der Waals surface area contributed by atoms with Gasteiger partial charge in [0.15, 0.2) is 0 Å². The number of aromatic nitrogens is 1. The van der Waals surface area contributed by atoms with Crippen molar-refractivity contribution >= 4 is 97.4 Å². The van der Waals surface area contributed by atoms with Crippen molar-refractivity contribution in [1.29, 1.82) is 0 Å². The van der Waals surface area contributed by atoms with Crippen LogP contribution in [0.4, 0.5) is 0 Å². The van der Waals surface area contributed by atoms with Crippen LogP contribution in [0.3, 0.4) is 0 Å². The molecule has 4 aromatic carbocycles. The topological polar surface area (TPSA) is 52.5 Å². The number of benzene rings is 4. The summed E-state index contributed by atoms with van der Waals surface area (Å²) in [6, 6.07) is 37.9. The molecule has 2 N–H and O–H groups in total. The molecular weight excluding hydrogens is 904 g/mol. The number of aliphatic imine (C=N–C) groups is 2. The smallest absolute Gasteiger partial charge is 0.0968 e. The summed E-state index contributed by atoms with van der Waals surface area (Å²) in [5.41, 5.74) is 12.4. The van der Waals surface area contributed by atoms with Gasteiger partial charge in [0.05, 0.1) is 29.2 Å². The molecular formula is C44H28Br4N4. The Hall–Kier alpha value is -4.34. The van der Waals surface area contributed by atoms with Crippen molar-refractivity contribution in [2.24, 2.45) is 9.98 Å². The highest BCUT2D eigenvalue weighted by molar-refractivity contribution is 9.11. The van der Waals surface area contributed by atoms with E-state index in [0.29, 0.717) is 0 Å². The normalized spacial score (nSPS) is 22.5. The van der Waals surface area contributed by atoms with Crippen molar-refractivity contribution in [3.8, 4) is 0 Å². The van der Waals surface area contributed by atoms with Gasteiger partial charge >= 0.3 is 0 Å². The van der Waals surface area contributed by atoms with Crippen molar-refractivity contribution in [1.82, 2.24) is 10.3 Å². The van der Waals surface area contributed by atoms with E-state index in [4.69, 9.17) is 9.98 Å². The van der Waals surface area contributed by atoms with Crippen molar-refractivity contribution in [3.63, 3.8) is 0 Å². The summed E-state index contributed by atoms with van der Waals surface area (Å²) < 4.78 is 4.11. The van der Waals surface area contributed by atoms with Crippen molar-refractivity contribution in [2.45, 2.75) is 12.1 Å². The molecule has 0 spiro atoms. The van der Waals surface area contributed by atoms with Crippen LogP contribution in [0, 0.1) is 0 Å². The Bertz CT molecular complexity index is 2600. The monoisotopic (exact) mass is 928 g/mol. The Balaban J connectivity index is 1.36. The quantitative estimate of drug-likeness (QED) is 0.185. The molecule has 5 aromatic rings. The maximum Gasteiger partial charge on any atom is 0.0968 e. The Kier molecular flexibility index (Phi) is 8.95. The molecule has 5 heterocycles. The van der Waals surface area contributed by atoms with Gasteiger partial charge in [-0.15, -0.1) is 0 Å². The summed E-state index contributed by atoms with van der Waals surface area (Å²) >= 11 is 14.6. The molecule has 4 nitrogen and oxygen atoms in total. The number of nitrogens with zero attached hydrogens (tertiary/aromatic N) is 2. The highest BCUT2D eigenvalue weighted by Gasteiger charge is 2.29. The van der Waals surface area contributed by atoms with Crippen LogP contribution in [-0.4, -0.2) is 28.5 Å². The van der Waals surface area contributed by atoms with Gasteiger partial charge in [0, 0.05) is 56.6 Å². The number of H-pyrrole nitrogens is 1. The minimum absolute atomic E-state index is 0.104. The third-order valence-electron chi connectivity index (χ3n) is 9.61. The molecule has 0 saturated carbocycles. The molecule has 0 saturated heterocycles. The first-order valence-corrected chi connectivity index (χ1v) is 20.0. The van der Waals surface area contributed by atoms with Gasteiger partial charge in [-0.25, -0.2) is 4.99 Å². The summed E-state index contributed by atoms with van der Waals surface area (Å²) in [4.78, 5) is 14.7. The zero-order chi connectivity index (χ0) is 35.3. The lowest BCUT2D eigenvalue weighted by Gasteiger charge is -2.19. The Morgan fingerprint density at radius 1 is 0.462 bits per heavy atom. The predicted molar refractivity (Wildman–Crippen MR) is 228 cm³/mol. The summed E-state index contributed by atoms with van der Waals surface area (Å²) in [7, 11) is 0. The third kappa shape index (κ3) is 6.36. The van der Waals surface area contributed by atoms with Crippen LogP contribution in [-0.2, 0) is 0 Å². The molecule has 0 fully saturated rings. The maximum absolute atomic E-state index is 5.46. The van der Waals surface area contributed by atoms with Gasteiger partial charge in [-0.2, -0.15) is 0 Å². The third-order valence-corrected chi connectivity index (χ3v) is 11.7. The summed E-state index contributed by atoms with van der Waals surface area (Å²) in [6.45, 7) is 0. The molecule has 9 rings (SSSR count). The zero-order valence-corrected chi connectivity index (χ0v) is 33.8. The molecule has 2 unspecified atom stereocenters. The van der Waals surface area contributed by atoms with E-state index in [1.54, 1.807) is 0 Å². The van der Waals surface area contributed by atoms with E-state index in [2.05, 4.69) is 220 Å². The van der Waals surface area contributed by atoms with E-state index in [0.717, 1.165) is 96.0 Å². The fourth-order valence-corrected chi connectivity index (χ4v) is 8.26. The average molecular weight is 932 g/mol. The second kappa shape index (κ2) is 13.9. The second-order valence-electron chi connectivity index (χ2n) is 12.8. The van der Waals surface area contributed by atoms with E-state index in [9.17, 15) is 0 Å². The number of hydrogen-bond acceptors (Lipinski definition) is 3. The molecule has 0 amide bonds. The minimum atomic E-state index is -0.239. The number of nitrogens with one attached hydrogen (secondary N) is 2. The fourth-order valence-electron chi connectivity index (χ4n) is 7.20. The SMILES string of the molecule is Brc1ccc(C2=C3C=CC(N3)/C(c3ccc(Br)cc3)=c3/cc/c([nH]3)=C(\c3ccc(Br)cc3)C3=N/C(=C(/c4ccc(Br)cc4)C4C=CC2=N4)C=C3)cc1. The molecule has 4 aliphatic rings. The lowest BCUT2D eigenvalue weighted by atomic mass is 9.97. The zero-order valence-electron chi connectivity index (χ0n) is 27.4. The molecule has 4 aliphatic heterocycles. The van der Waals surface area contributed by atoms with Crippen LogP contribution in [0.25, 0.3) is 22.3 Å². The lowest BCUT2D eigenvalue weighted by molar-refractivity contribution is 0.857. The van der Waals surface area contributed by atoms with Crippen LogP contribution in [0.5, 0.6) is 0 Å². The number of hydrogen-bond donors (Lipinski definition) is 2. The first kappa shape index (κ1) is 33.5. The van der Waals surface area contributed by atoms with Crippen LogP contribution in [0.2, 0.25) is 0 Å². The van der Waals surface area contributed by atoms with Gasteiger partial charge in [0.25, 0.3) is 0 Å². The van der Waals surface area contributed by atoms with Gasteiger partial charge in [-0.1, -0.05) is 124 Å². The Morgan fingerprint density at radius 2 is 1.00 bits per heavy atom. The van der Waals surface area contributed by atoms with Crippen molar-refractivity contribution < 1.29 is 0 Å². The first-order chi connectivity index (χ1) is 25.4. The van der Waals surface area contributed by atoms with Crippen LogP contribution >= 0.6 is 63.7 Å². The summed E-state index contributed by atoms with van der Waals surface area (Å²) in [6.07, 6.45) is 13.1. The molecule has 8 bridgehead atoms. The molecule has 0 aliphatic carbocycles. The molecule has 8 heteroatoms. The largest absolute Gasteiger partial charge is 0.374 e. The minimum Gasteiger partial charge on any atom is -0.374 e.